The fourth-order valence-electron chi connectivity index (χ4n) is 5.62. The Kier molecular flexibility index (Phi) is 6.98. The number of thiazole rings is 1. The fourth-order valence-corrected chi connectivity index (χ4v) is 8.47. The number of nitrogens with one attached hydrogen (secondary N) is 1. The van der Waals surface area contributed by atoms with Gasteiger partial charge in [0.1, 0.15) is 5.03 Å². The number of sulfonamides is 1. The molecule has 3 amide bonds. The van der Waals surface area contributed by atoms with E-state index in [0.29, 0.717) is 20.9 Å². The number of amides is 3. The molecular weight excluding hydrogens is 576 g/mol. The van der Waals surface area contributed by atoms with Crippen LogP contribution in [0.1, 0.15) is 46.2 Å². The number of likely N-dealkylation sites (tertiary alicyclic amines) is 1. The molecular formula is C26H29ClN6O5S2. The van der Waals surface area contributed by atoms with E-state index in [9.17, 15) is 22.8 Å². The Bertz CT molecular complexity index is 1620. The van der Waals surface area contributed by atoms with Crippen LogP contribution in [0.4, 0.5) is 0 Å². The lowest BCUT2D eigenvalue weighted by molar-refractivity contribution is -0.139. The Morgan fingerprint density at radius 2 is 1.88 bits per heavy atom. The largest absolute Gasteiger partial charge is 0.345 e. The molecule has 2 fully saturated rings. The topological polar surface area (TPSA) is 127 Å². The molecule has 2 atom stereocenters. The predicted molar refractivity (Wildman–Crippen MR) is 150 cm³/mol. The van der Waals surface area contributed by atoms with Gasteiger partial charge in [0, 0.05) is 72.3 Å². The second-order valence-corrected chi connectivity index (χ2v) is 13.9. The second-order valence-electron chi connectivity index (χ2n) is 10.5. The maximum Gasteiger partial charge on any atom is 0.283 e. The number of H-pyrrole nitrogens is 1. The number of fused-ring (bicyclic) bond motifs is 2. The van der Waals surface area contributed by atoms with Crippen LogP contribution in [0.15, 0.2) is 29.3 Å². The Labute approximate surface area is 240 Å². The summed E-state index contributed by atoms with van der Waals surface area (Å²) >= 11 is 7.44. The molecule has 11 nitrogen and oxygen atoms in total. The maximum atomic E-state index is 13.8. The third-order valence-corrected chi connectivity index (χ3v) is 11.4. The third kappa shape index (κ3) is 4.73. The lowest BCUT2D eigenvalue weighted by Gasteiger charge is -2.41. The first-order valence-electron chi connectivity index (χ1n) is 13.2. The predicted octanol–water partition coefficient (Wildman–Crippen LogP) is 2.49. The zero-order valence-corrected chi connectivity index (χ0v) is 24.5. The average Bonchev–Trinajstić information content (AvgIpc) is 3.64. The van der Waals surface area contributed by atoms with Crippen molar-refractivity contribution in [3.8, 4) is 0 Å². The van der Waals surface area contributed by atoms with Crippen LogP contribution >= 0.6 is 22.9 Å². The van der Waals surface area contributed by atoms with Crippen LogP contribution in [0.25, 0.3) is 10.9 Å². The molecule has 3 aliphatic rings. The zero-order valence-electron chi connectivity index (χ0n) is 22.1. The number of likely N-dealkylation sites (N-methyl/N-ethyl adjacent to an activating group) is 1. The van der Waals surface area contributed by atoms with Gasteiger partial charge < -0.3 is 9.88 Å². The molecule has 14 heteroatoms. The minimum absolute atomic E-state index is 0.0160. The monoisotopic (exact) mass is 604 g/mol. The third-order valence-electron chi connectivity index (χ3n) is 8.08. The van der Waals surface area contributed by atoms with Crippen molar-refractivity contribution in [1.29, 1.82) is 0 Å². The number of aromatic nitrogens is 2. The van der Waals surface area contributed by atoms with Gasteiger partial charge in [-0.2, -0.15) is 4.31 Å². The number of hydrogen-bond acceptors (Lipinski definition) is 8. The molecule has 0 aliphatic carbocycles. The maximum absolute atomic E-state index is 13.8. The molecule has 0 bridgehead atoms. The molecule has 2 aromatic heterocycles. The van der Waals surface area contributed by atoms with E-state index < -0.39 is 16.1 Å². The highest BCUT2D eigenvalue weighted by Gasteiger charge is 2.42. The normalized spacial score (nSPS) is 22.9. The highest BCUT2D eigenvalue weighted by molar-refractivity contribution is 7.89. The number of imide groups is 1. The summed E-state index contributed by atoms with van der Waals surface area (Å²) in [6.45, 7) is 2.97. The van der Waals surface area contributed by atoms with Crippen molar-refractivity contribution in [3.63, 3.8) is 0 Å². The molecule has 2 unspecified atom stereocenters. The van der Waals surface area contributed by atoms with Crippen molar-refractivity contribution in [2.75, 3.05) is 39.8 Å². The summed E-state index contributed by atoms with van der Waals surface area (Å²) in [7, 11) is -1.93. The number of hydrogen-bond donors (Lipinski definition) is 1. The van der Waals surface area contributed by atoms with Gasteiger partial charge in [0.15, 0.2) is 5.01 Å². The molecule has 0 radical (unpaired) electrons. The van der Waals surface area contributed by atoms with Gasteiger partial charge >= 0.3 is 0 Å². The minimum atomic E-state index is -3.97. The molecule has 40 heavy (non-hydrogen) atoms. The van der Waals surface area contributed by atoms with Gasteiger partial charge in [-0.05, 0) is 38.2 Å². The van der Waals surface area contributed by atoms with E-state index in [1.165, 1.54) is 21.7 Å². The van der Waals surface area contributed by atoms with E-state index in [-0.39, 0.29) is 67.8 Å². The Balaban J connectivity index is 1.30. The van der Waals surface area contributed by atoms with Crippen LogP contribution in [-0.2, 0) is 26.0 Å². The Hall–Kier alpha value is -2.84. The highest BCUT2D eigenvalue weighted by atomic mass is 35.5. The smallest absolute Gasteiger partial charge is 0.283 e. The van der Waals surface area contributed by atoms with E-state index >= 15 is 0 Å². The van der Waals surface area contributed by atoms with Gasteiger partial charge in [-0.25, -0.2) is 13.4 Å². The second kappa shape index (κ2) is 10.2. The zero-order chi connectivity index (χ0) is 28.3. The number of carbonyl (C=O) groups is 3. The summed E-state index contributed by atoms with van der Waals surface area (Å²) in [5.74, 6) is -0.937. The summed E-state index contributed by atoms with van der Waals surface area (Å²) in [6, 6.07) is 6.04. The van der Waals surface area contributed by atoms with Crippen LogP contribution < -0.4 is 0 Å². The molecule has 212 valence electrons. The van der Waals surface area contributed by atoms with Crippen molar-refractivity contribution in [2.45, 2.75) is 43.3 Å². The van der Waals surface area contributed by atoms with E-state index in [4.69, 9.17) is 11.6 Å². The minimum Gasteiger partial charge on any atom is -0.345 e. The van der Waals surface area contributed by atoms with Crippen LogP contribution in [-0.4, -0.2) is 101 Å². The van der Waals surface area contributed by atoms with Crippen LogP contribution in [0, 0.1) is 0 Å². The van der Waals surface area contributed by atoms with Gasteiger partial charge in [-0.3, -0.25) is 24.2 Å². The molecule has 0 spiro atoms. The number of piperazine rings is 1. The average molecular weight is 605 g/mol. The van der Waals surface area contributed by atoms with Crippen molar-refractivity contribution < 1.29 is 22.8 Å². The molecule has 6 rings (SSSR count). The molecule has 1 N–H and O–H groups in total. The fraction of sp³-hybridized carbons (Fsp3) is 0.462. The van der Waals surface area contributed by atoms with E-state index in [2.05, 4.69) is 21.8 Å². The van der Waals surface area contributed by atoms with Crippen LogP contribution in [0.2, 0.25) is 5.02 Å². The lowest BCUT2D eigenvalue weighted by Crippen LogP contribution is -2.60. The quantitative estimate of drug-likeness (QED) is 0.443. The van der Waals surface area contributed by atoms with Crippen LogP contribution in [0.3, 0.4) is 0 Å². The van der Waals surface area contributed by atoms with Crippen molar-refractivity contribution in [3.05, 3.63) is 44.9 Å². The SMILES string of the molecule is CC1c2sc(C(=O)N3CCN(S(=O)(=O)c4cc5cc(Cl)ccc5[nH]4)CC3CN3C(=O)CCC3=O)nc2CCN1C. The number of benzene rings is 1. The van der Waals surface area contributed by atoms with E-state index in [0.717, 1.165) is 28.4 Å². The first-order chi connectivity index (χ1) is 19.0. The number of carbonyl (C=O) groups excluding carboxylic acids is 3. The van der Waals surface area contributed by atoms with Gasteiger partial charge in [0.05, 0.1) is 18.3 Å². The highest BCUT2D eigenvalue weighted by Crippen LogP contribution is 2.34. The van der Waals surface area contributed by atoms with Crippen molar-refractivity contribution in [2.24, 2.45) is 0 Å². The van der Waals surface area contributed by atoms with Crippen LogP contribution in [0.5, 0.6) is 0 Å². The van der Waals surface area contributed by atoms with Crippen molar-refractivity contribution in [1.82, 2.24) is 29.0 Å². The summed E-state index contributed by atoms with van der Waals surface area (Å²) in [5, 5.41) is 1.52. The number of halogens is 1. The number of nitrogens with zero attached hydrogens (tertiary/aromatic N) is 5. The standard InChI is InChI=1S/C26H29ClN6O5S2/c1-15-24-20(7-8-30(15)2)29-25(39-24)26(36)32-10-9-31(13-18(32)14-33-22(34)5-6-23(33)35)40(37,38)21-12-16-11-17(27)3-4-19(16)28-21/h3-4,11-12,15,18,28H,5-10,13-14H2,1-2H3. The number of rotatable bonds is 5. The first-order valence-corrected chi connectivity index (χ1v) is 15.8. The summed E-state index contributed by atoms with van der Waals surface area (Å²) in [6.07, 6.45) is 0.982. The molecule has 0 saturated carbocycles. The van der Waals surface area contributed by atoms with E-state index in [1.807, 2.05) is 7.05 Å². The van der Waals surface area contributed by atoms with E-state index in [1.54, 1.807) is 23.1 Å². The van der Waals surface area contributed by atoms with Gasteiger partial charge in [-0.15, -0.1) is 11.3 Å². The molecule has 3 aromatic rings. The van der Waals surface area contributed by atoms with Gasteiger partial charge in [0.2, 0.25) is 11.8 Å². The Morgan fingerprint density at radius 1 is 1.12 bits per heavy atom. The first kappa shape index (κ1) is 27.3. The lowest BCUT2D eigenvalue weighted by atomic mass is 10.1. The summed E-state index contributed by atoms with van der Waals surface area (Å²) in [4.78, 5) is 52.4. The summed E-state index contributed by atoms with van der Waals surface area (Å²) < 4.78 is 28.7. The molecule has 2 saturated heterocycles. The molecule has 1 aromatic carbocycles. The summed E-state index contributed by atoms with van der Waals surface area (Å²) in [5.41, 5.74) is 1.55. The van der Waals surface area contributed by atoms with Gasteiger partial charge in [-0.1, -0.05) is 11.6 Å². The molecule has 3 aliphatic heterocycles. The Morgan fingerprint density at radius 3 is 2.62 bits per heavy atom. The number of aromatic amines is 1. The molecule has 5 heterocycles. The van der Waals surface area contributed by atoms with Crippen molar-refractivity contribution >= 4 is 61.6 Å². The van der Waals surface area contributed by atoms with Gasteiger partial charge in [0.25, 0.3) is 15.9 Å².